The van der Waals surface area contributed by atoms with Crippen LogP contribution in [0.1, 0.15) is 72.1 Å². The number of allylic oxidation sites excluding steroid dienone is 1. The minimum Gasteiger partial charge on any atom is -0.328 e. The zero-order valence-corrected chi connectivity index (χ0v) is 16.3. The van der Waals surface area contributed by atoms with Crippen molar-refractivity contribution in [1.29, 1.82) is 0 Å². The van der Waals surface area contributed by atoms with Gasteiger partial charge in [0.1, 0.15) is 0 Å². The highest BCUT2D eigenvalue weighted by molar-refractivity contribution is 5.26. The summed E-state index contributed by atoms with van der Waals surface area (Å²) in [6.45, 7) is 7.46. The first-order valence-corrected chi connectivity index (χ1v) is 10.5. The molecule has 0 heterocycles. The van der Waals surface area contributed by atoms with Crippen LogP contribution in [0.4, 0.5) is 0 Å². The summed E-state index contributed by atoms with van der Waals surface area (Å²) in [4.78, 5) is 0. The van der Waals surface area contributed by atoms with Gasteiger partial charge in [0.2, 0.25) is 0 Å². The second kappa shape index (κ2) is 5.84. The SMILES string of the molecule is CNC1CCC2(C)C(=CCC3C2CCC2(C)C(C(C)N)CCC32)C1. The van der Waals surface area contributed by atoms with Crippen molar-refractivity contribution < 1.29 is 0 Å². The zero-order chi connectivity index (χ0) is 17.1. The predicted octanol–water partition coefficient (Wildman–Crippen LogP) is 4.50. The van der Waals surface area contributed by atoms with Crippen molar-refractivity contribution in [2.75, 3.05) is 7.05 Å². The lowest BCUT2D eigenvalue weighted by Gasteiger charge is -2.58. The highest BCUT2D eigenvalue weighted by atomic mass is 14.9. The molecule has 0 aliphatic heterocycles. The van der Waals surface area contributed by atoms with Crippen LogP contribution in [0.5, 0.6) is 0 Å². The molecule has 0 amide bonds. The number of hydrogen-bond acceptors (Lipinski definition) is 2. The van der Waals surface area contributed by atoms with Gasteiger partial charge in [-0.2, -0.15) is 0 Å². The molecule has 4 aliphatic rings. The van der Waals surface area contributed by atoms with Gasteiger partial charge in [0.05, 0.1) is 0 Å². The molecule has 4 aliphatic carbocycles. The van der Waals surface area contributed by atoms with Crippen LogP contribution in [0.15, 0.2) is 11.6 Å². The Morgan fingerprint density at radius 3 is 2.62 bits per heavy atom. The molecule has 0 aromatic rings. The Kier molecular flexibility index (Phi) is 4.16. The molecule has 8 unspecified atom stereocenters. The van der Waals surface area contributed by atoms with Crippen molar-refractivity contribution in [3.63, 3.8) is 0 Å². The van der Waals surface area contributed by atoms with Crippen LogP contribution in [-0.2, 0) is 0 Å². The van der Waals surface area contributed by atoms with Gasteiger partial charge in [0.15, 0.2) is 0 Å². The summed E-state index contributed by atoms with van der Waals surface area (Å²) in [5.74, 6) is 3.53. The van der Waals surface area contributed by atoms with Crippen LogP contribution in [0.25, 0.3) is 0 Å². The van der Waals surface area contributed by atoms with Gasteiger partial charge in [-0.05, 0) is 99.8 Å². The third-order valence-electron chi connectivity index (χ3n) is 9.22. The smallest absolute Gasteiger partial charge is 0.0102 e. The summed E-state index contributed by atoms with van der Waals surface area (Å²) in [6.07, 6.45) is 13.7. The van der Waals surface area contributed by atoms with Gasteiger partial charge in [-0.15, -0.1) is 0 Å². The van der Waals surface area contributed by atoms with E-state index in [4.69, 9.17) is 5.73 Å². The van der Waals surface area contributed by atoms with E-state index in [2.05, 4.69) is 39.2 Å². The average Bonchev–Trinajstić information content (AvgIpc) is 2.91. The molecule has 0 aromatic heterocycles. The third kappa shape index (κ3) is 2.28. The van der Waals surface area contributed by atoms with Gasteiger partial charge in [-0.1, -0.05) is 25.5 Å². The van der Waals surface area contributed by atoms with E-state index in [9.17, 15) is 0 Å². The van der Waals surface area contributed by atoms with Gasteiger partial charge in [-0.3, -0.25) is 0 Å². The highest BCUT2D eigenvalue weighted by Gasteiger charge is 2.58. The van der Waals surface area contributed by atoms with Crippen LogP contribution >= 0.6 is 0 Å². The van der Waals surface area contributed by atoms with Crippen molar-refractivity contribution in [1.82, 2.24) is 5.32 Å². The molecule has 0 aromatic carbocycles. The van der Waals surface area contributed by atoms with Gasteiger partial charge in [0, 0.05) is 12.1 Å². The molecule has 3 saturated carbocycles. The van der Waals surface area contributed by atoms with E-state index in [-0.39, 0.29) is 0 Å². The van der Waals surface area contributed by atoms with Crippen molar-refractivity contribution in [2.45, 2.75) is 84.2 Å². The van der Waals surface area contributed by atoms with E-state index >= 15 is 0 Å². The fraction of sp³-hybridized carbons (Fsp3) is 0.909. The largest absolute Gasteiger partial charge is 0.328 e. The zero-order valence-electron chi connectivity index (χ0n) is 16.3. The van der Waals surface area contributed by atoms with E-state index in [0.29, 0.717) is 22.9 Å². The van der Waals surface area contributed by atoms with Crippen LogP contribution in [-0.4, -0.2) is 19.1 Å². The molecule has 0 spiro atoms. The average molecular weight is 331 g/mol. The molecular weight excluding hydrogens is 292 g/mol. The Morgan fingerprint density at radius 1 is 1.12 bits per heavy atom. The van der Waals surface area contributed by atoms with E-state index in [0.717, 1.165) is 23.7 Å². The van der Waals surface area contributed by atoms with Gasteiger partial charge < -0.3 is 11.1 Å². The van der Waals surface area contributed by atoms with E-state index in [1.807, 2.05) is 0 Å². The van der Waals surface area contributed by atoms with Crippen LogP contribution in [0.3, 0.4) is 0 Å². The number of fused-ring (bicyclic) bond motifs is 5. The first-order valence-electron chi connectivity index (χ1n) is 10.5. The summed E-state index contributed by atoms with van der Waals surface area (Å²) < 4.78 is 0. The summed E-state index contributed by atoms with van der Waals surface area (Å²) in [5.41, 5.74) is 9.20. The lowest BCUT2D eigenvalue weighted by Crippen LogP contribution is -2.52. The predicted molar refractivity (Wildman–Crippen MR) is 102 cm³/mol. The number of rotatable bonds is 2. The molecule has 3 N–H and O–H groups in total. The topological polar surface area (TPSA) is 38.0 Å². The maximum absolute atomic E-state index is 6.40. The maximum Gasteiger partial charge on any atom is 0.0102 e. The van der Waals surface area contributed by atoms with Crippen LogP contribution in [0.2, 0.25) is 0 Å². The van der Waals surface area contributed by atoms with Crippen molar-refractivity contribution in [3.8, 4) is 0 Å². The standard InChI is InChI=1S/C22H38N2/c1-14(23)18-7-8-19-17-6-5-15-13-16(24-4)9-11-21(15,2)20(17)10-12-22(18,19)3/h5,14,16-20,24H,6-13,23H2,1-4H3. The molecule has 8 atom stereocenters. The van der Waals surface area contributed by atoms with E-state index < -0.39 is 0 Å². The fourth-order valence-corrected chi connectivity index (χ4v) is 7.81. The quantitative estimate of drug-likeness (QED) is 0.732. The van der Waals surface area contributed by atoms with Crippen molar-refractivity contribution in [3.05, 3.63) is 11.6 Å². The third-order valence-corrected chi connectivity index (χ3v) is 9.22. The molecule has 24 heavy (non-hydrogen) atoms. The Bertz CT molecular complexity index is 524. The minimum absolute atomic E-state index is 0.368. The molecule has 4 rings (SSSR count). The fourth-order valence-electron chi connectivity index (χ4n) is 7.81. The van der Waals surface area contributed by atoms with Crippen molar-refractivity contribution in [2.24, 2.45) is 40.2 Å². The number of nitrogens with one attached hydrogen (secondary N) is 1. The molecular formula is C22H38N2. The number of hydrogen-bond donors (Lipinski definition) is 2. The Labute approximate surface area is 149 Å². The number of nitrogens with two attached hydrogens (primary N) is 1. The molecule has 0 saturated heterocycles. The summed E-state index contributed by atoms with van der Waals surface area (Å²) in [6, 6.07) is 1.08. The van der Waals surface area contributed by atoms with Gasteiger partial charge >= 0.3 is 0 Å². The maximum atomic E-state index is 6.40. The second-order valence-electron chi connectivity index (χ2n) is 10.1. The van der Waals surface area contributed by atoms with Crippen LogP contribution < -0.4 is 11.1 Å². The molecule has 2 nitrogen and oxygen atoms in total. The summed E-state index contributed by atoms with van der Waals surface area (Å²) in [7, 11) is 2.14. The van der Waals surface area contributed by atoms with E-state index in [1.54, 1.807) is 5.57 Å². The molecule has 136 valence electrons. The Hall–Kier alpha value is -0.340. The lowest BCUT2D eigenvalue weighted by molar-refractivity contribution is -0.0453. The minimum atomic E-state index is 0.368. The Balaban J connectivity index is 1.62. The normalized spacial score (nSPS) is 52.0. The summed E-state index contributed by atoms with van der Waals surface area (Å²) >= 11 is 0. The van der Waals surface area contributed by atoms with E-state index in [1.165, 1.54) is 51.4 Å². The molecule has 2 heteroatoms. The van der Waals surface area contributed by atoms with Gasteiger partial charge in [0.25, 0.3) is 0 Å². The molecule has 3 fully saturated rings. The molecule has 0 radical (unpaired) electrons. The monoisotopic (exact) mass is 330 g/mol. The second-order valence-corrected chi connectivity index (χ2v) is 10.1. The van der Waals surface area contributed by atoms with Crippen molar-refractivity contribution >= 4 is 0 Å². The first-order chi connectivity index (χ1) is 11.4. The van der Waals surface area contributed by atoms with Crippen LogP contribution in [0, 0.1) is 34.5 Å². The van der Waals surface area contributed by atoms with Gasteiger partial charge in [-0.25, -0.2) is 0 Å². The highest BCUT2D eigenvalue weighted by Crippen LogP contribution is 2.66. The summed E-state index contributed by atoms with van der Waals surface area (Å²) in [5, 5.41) is 3.53. The Morgan fingerprint density at radius 2 is 1.92 bits per heavy atom. The molecule has 0 bridgehead atoms. The lowest BCUT2D eigenvalue weighted by atomic mass is 9.47. The first kappa shape index (κ1) is 17.1.